The molecule has 0 saturated carbocycles. The second-order valence-corrected chi connectivity index (χ2v) is 4.87. The van der Waals surface area contributed by atoms with Crippen LogP contribution in [0.3, 0.4) is 0 Å². The van der Waals surface area contributed by atoms with Crippen molar-refractivity contribution in [3.63, 3.8) is 0 Å². The number of ether oxygens (including phenoxy) is 2. The molecule has 0 rings (SSSR count). The molecule has 0 amide bonds. The molecule has 0 aliphatic heterocycles. The van der Waals surface area contributed by atoms with Crippen LogP contribution in [-0.4, -0.2) is 37.2 Å². The Balaban J connectivity index is -0.0000000907. The SMILES string of the molecule is CCOC(=N)NC(=N)N.CCOC(=N)NC(=N)N.[Cu+2].[O-][Cl+3]([O-])([O-])[O-].[O-][Cl+3]([O-])([O-])[O-]. The quantitative estimate of drug-likeness (QED) is 0.0947. The van der Waals surface area contributed by atoms with E-state index in [2.05, 4.69) is 20.1 Å². The Bertz CT molecular complexity index is 422. The van der Waals surface area contributed by atoms with Crippen molar-refractivity contribution in [2.75, 3.05) is 13.2 Å². The van der Waals surface area contributed by atoms with Crippen molar-refractivity contribution < 1.29 is 84.3 Å². The summed E-state index contributed by atoms with van der Waals surface area (Å²) in [6.07, 6.45) is 0. The molecule has 18 nitrogen and oxygen atoms in total. The molecule has 0 spiro atoms. The van der Waals surface area contributed by atoms with Gasteiger partial charge in [-0.1, -0.05) is 0 Å². The topological polar surface area (TPSA) is 374 Å². The molecule has 0 unspecified atom stereocenters. The molecular formula is C8H20Cl2CuN8O10. The number of halogens is 2. The fraction of sp³-hybridized carbons (Fsp3) is 0.500. The summed E-state index contributed by atoms with van der Waals surface area (Å²) in [5, 5.41) is 31.4. The van der Waals surface area contributed by atoms with Crippen LogP contribution in [0.15, 0.2) is 0 Å². The maximum absolute atomic E-state index is 8.49. The van der Waals surface area contributed by atoms with E-state index in [1.807, 2.05) is 0 Å². The Morgan fingerprint density at radius 1 is 0.690 bits per heavy atom. The first-order valence-electron chi connectivity index (χ1n) is 6.21. The Labute approximate surface area is 179 Å². The number of rotatable bonds is 2. The molecule has 1 radical (unpaired) electrons. The van der Waals surface area contributed by atoms with E-state index < -0.39 is 20.5 Å². The van der Waals surface area contributed by atoms with Crippen LogP contribution in [0, 0.1) is 42.1 Å². The Morgan fingerprint density at radius 3 is 0.966 bits per heavy atom. The largest absolute Gasteiger partial charge is 2.00 e. The van der Waals surface area contributed by atoms with Crippen molar-refractivity contribution in [3.8, 4) is 0 Å². The Kier molecular flexibility index (Phi) is 27.4. The van der Waals surface area contributed by atoms with E-state index in [9.17, 15) is 0 Å². The number of guanidine groups is 2. The van der Waals surface area contributed by atoms with Gasteiger partial charge >= 0.3 is 17.1 Å². The van der Waals surface area contributed by atoms with Gasteiger partial charge in [0.05, 0.1) is 13.2 Å². The number of nitrogens with one attached hydrogen (secondary N) is 6. The van der Waals surface area contributed by atoms with Crippen LogP contribution >= 0.6 is 0 Å². The summed E-state index contributed by atoms with van der Waals surface area (Å²) in [5.74, 6) is -0.568. The van der Waals surface area contributed by atoms with E-state index >= 15 is 0 Å². The van der Waals surface area contributed by atoms with Crippen molar-refractivity contribution in [2.45, 2.75) is 13.8 Å². The first-order chi connectivity index (χ1) is 12.3. The number of nitrogens with two attached hydrogens (primary N) is 2. The van der Waals surface area contributed by atoms with Gasteiger partial charge in [-0.25, -0.2) is 37.3 Å². The fourth-order valence-electron chi connectivity index (χ4n) is 0.605. The maximum atomic E-state index is 8.49. The molecule has 0 aromatic carbocycles. The third kappa shape index (κ3) is 103. The van der Waals surface area contributed by atoms with Gasteiger partial charge in [0.1, 0.15) is 0 Å². The minimum atomic E-state index is -4.94. The molecule has 177 valence electrons. The van der Waals surface area contributed by atoms with Gasteiger partial charge < -0.3 is 20.9 Å². The molecule has 0 aromatic rings. The molecule has 0 bridgehead atoms. The second kappa shape index (κ2) is 21.0. The van der Waals surface area contributed by atoms with Crippen LogP contribution in [0.2, 0.25) is 0 Å². The van der Waals surface area contributed by atoms with Gasteiger partial charge in [-0.3, -0.25) is 32.3 Å². The normalized spacial score (nSPS) is 9.17. The molecule has 0 heterocycles. The van der Waals surface area contributed by atoms with Gasteiger partial charge in [0, 0.05) is 0 Å². The first kappa shape index (κ1) is 37.9. The van der Waals surface area contributed by atoms with Crippen molar-refractivity contribution in [2.24, 2.45) is 11.5 Å². The smallest absolute Gasteiger partial charge is 0.465 e. The summed E-state index contributed by atoms with van der Waals surface area (Å²) in [6.45, 7) is 4.30. The number of hydrogen-bond donors (Lipinski definition) is 8. The zero-order valence-corrected chi connectivity index (χ0v) is 17.2. The zero-order valence-electron chi connectivity index (χ0n) is 14.7. The van der Waals surface area contributed by atoms with Gasteiger partial charge in [-0.05, 0) is 13.8 Å². The van der Waals surface area contributed by atoms with Crippen LogP contribution < -0.4 is 59.4 Å². The average molecular weight is 523 g/mol. The van der Waals surface area contributed by atoms with Gasteiger partial charge in [0.2, 0.25) is 0 Å². The fourth-order valence-corrected chi connectivity index (χ4v) is 0.605. The van der Waals surface area contributed by atoms with Crippen molar-refractivity contribution in [1.29, 1.82) is 21.6 Å². The predicted molar refractivity (Wildman–Crippen MR) is 68.8 cm³/mol. The van der Waals surface area contributed by atoms with Crippen LogP contribution in [0.5, 0.6) is 0 Å². The second-order valence-electron chi connectivity index (χ2n) is 3.36. The summed E-state index contributed by atoms with van der Waals surface area (Å²) < 4.78 is 77.2. The van der Waals surface area contributed by atoms with Crippen molar-refractivity contribution >= 4 is 24.0 Å². The molecule has 0 aliphatic carbocycles. The molecule has 0 atom stereocenters. The van der Waals surface area contributed by atoms with E-state index in [-0.39, 0.29) is 41.0 Å². The first-order valence-corrected chi connectivity index (χ1v) is 8.68. The van der Waals surface area contributed by atoms with Gasteiger partial charge in [-0.15, -0.1) is 20.5 Å². The average Bonchev–Trinajstić information content (AvgIpc) is 2.33. The van der Waals surface area contributed by atoms with Gasteiger partial charge in [0.15, 0.2) is 11.9 Å². The number of hydrogen-bond acceptors (Lipinski definition) is 14. The van der Waals surface area contributed by atoms with E-state index in [0.29, 0.717) is 13.2 Å². The standard InChI is InChI=1S/2C4H10N4O.2ClHO4.Cu/c2*1-2-9-4(7)8-3(5)6;2*2-1(3,4)5;/h2*2H2,1H3,(H5,5,6,7,8);2*(H,2,3,4,5);/q;;;;+2/p-2. The minimum Gasteiger partial charge on any atom is -0.465 e. The monoisotopic (exact) mass is 521 g/mol. The summed E-state index contributed by atoms with van der Waals surface area (Å²) in [6, 6.07) is -0.380. The third-order valence-corrected chi connectivity index (χ3v) is 1.07. The minimum absolute atomic E-state index is 0. The predicted octanol–water partition coefficient (Wildman–Crippen LogP) is -10.6. The maximum Gasteiger partial charge on any atom is 2.00 e. The van der Waals surface area contributed by atoms with Crippen molar-refractivity contribution in [1.82, 2.24) is 10.6 Å². The molecular weight excluding hydrogens is 503 g/mol. The van der Waals surface area contributed by atoms with E-state index in [4.69, 9.17) is 70.4 Å². The summed E-state index contributed by atoms with van der Waals surface area (Å²) in [5.41, 5.74) is 9.75. The molecule has 0 saturated heterocycles. The van der Waals surface area contributed by atoms with E-state index in [1.54, 1.807) is 13.8 Å². The van der Waals surface area contributed by atoms with Crippen LogP contribution in [-0.2, 0) is 26.5 Å². The molecule has 0 aliphatic rings. The summed E-state index contributed by atoms with van der Waals surface area (Å²) in [7, 11) is -9.89. The van der Waals surface area contributed by atoms with Crippen molar-refractivity contribution in [3.05, 3.63) is 0 Å². The molecule has 10 N–H and O–H groups in total. The summed E-state index contributed by atoms with van der Waals surface area (Å²) >= 11 is 0. The Morgan fingerprint density at radius 2 is 0.862 bits per heavy atom. The molecule has 0 fully saturated rings. The van der Waals surface area contributed by atoms with E-state index in [1.165, 1.54) is 0 Å². The zero-order chi connectivity index (χ0) is 23.6. The Hall–Kier alpha value is -1.74. The van der Waals surface area contributed by atoms with Crippen LogP contribution in [0.4, 0.5) is 0 Å². The number of amidine groups is 2. The van der Waals surface area contributed by atoms with Gasteiger partial charge in [-0.2, -0.15) is 0 Å². The molecule has 0 aromatic heterocycles. The van der Waals surface area contributed by atoms with Crippen LogP contribution in [0.25, 0.3) is 0 Å². The van der Waals surface area contributed by atoms with E-state index in [0.717, 1.165) is 0 Å². The molecule has 21 heteroatoms. The van der Waals surface area contributed by atoms with Crippen LogP contribution in [0.1, 0.15) is 13.8 Å². The molecule has 29 heavy (non-hydrogen) atoms. The summed E-state index contributed by atoms with van der Waals surface area (Å²) in [4.78, 5) is 0. The third-order valence-electron chi connectivity index (χ3n) is 1.07. The van der Waals surface area contributed by atoms with Gasteiger partial charge in [0.25, 0.3) is 12.0 Å².